The van der Waals surface area contributed by atoms with Crippen LogP contribution in [-0.4, -0.2) is 22.5 Å². The number of rotatable bonds is 5. The third kappa shape index (κ3) is 3.52. The molecule has 2 heterocycles. The standard InChI is InChI=1S/C17H15BrN2O3S/c1-2-22-15-6-5-12(18)8-11(15)9-14-16(21)20(17(24)19-14)10-13-4-3-7-23-13/h3-9H,2,10H2,1H3,(H,19,24)/b14-9+. The molecule has 3 rings (SSSR count). The van der Waals surface area contributed by atoms with Crippen LogP contribution in [0.1, 0.15) is 18.2 Å². The van der Waals surface area contributed by atoms with Crippen molar-refractivity contribution in [3.8, 4) is 5.75 Å². The predicted molar refractivity (Wildman–Crippen MR) is 98.3 cm³/mol. The van der Waals surface area contributed by atoms with Crippen molar-refractivity contribution in [2.24, 2.45) is 0 Å². The van der Waals surface area contributed by atoms with Crippen LogP contribution in [0.5, 0.6) is 5.75 Å². The fourth-order valence-electron chi connectivity index (χ4n) is 2.35. The molecule has 1 N–H and O–H groups in total. The number of nitrogens with zero attached hydrogens (tertiary/aromatic N) is 1. The maximum absolute atomic E-state index is 12.6. The Morgan fingerprint density at radius 2 is 2.25 bits per heavy atom. The van der Waals surface area contributed by atoms with E-state index in [2.05, 4.69) is 21.2 Å². The van der Waals surface area contributed by atoms with Gasteiger partial charge in [-0.1, -0.05) is 15.9 Å². The van der Waals surface area contributed by atoms with Crippen LogP contribution >= 0.6 is 28.1 Å². The number of hydrogen-bond acceptors (Lipinski definition) is 4. The number of halogens is 1. The summed E-state index contributed by atoms with van der Waals surface area (Å²) in [6.07, 6.45) is 3.31. The molecule has 1 aromatic carbocycles. The normalized spacial score (nSPS) is 15.9. The summed E-state index contributed by atoms with van der Waals surface area (Å²) < 4.78 is 11.8. The number of ether oxygens (including phenoxy) is 1. The Morgan fingerprint density at radius 3 is 2.96 bits per heavy atom. The van der Waals surface area contributed by atoms with Gasteiger partial charge in [-0.25, -0.2) is 0 Å². The van der Waals surface area contributed by atoms with Crippen molar-refractivity contribution in [2.45, 2.75) is 13.5 Å². The zero-order valence-electron chi connectivity index (χ0n) is 12.9. The summed E-state index contributed by atoms with van der Waals surface area (Å²) in [6, 6.07) is 9.23. The van der Waals surface area contributed by atoms with Crippen molar-refractivity contribution in [3.63, 3.8) is 0 Å². The van der Waals surface area contributed by atoms with Gasteiger partial charge in [-0.15, -0.1) is 0 Å². The van der Waals surface area contributed by atoms with Crippen LogP contribution in [0.25, 0.3) is 6.08 Å². The highest BCUT2D eigenvalue weighted by atomic mass is 79.9. The lowest BCUT2D eigenvalue weighted by Crippen LogP contribution is -2.29. The largest absolute Gasteiger partial charge is 0.493 e. The molecule has 0 radical (unpaired) electrons. The molecular formula is C17H15BrN2O3S. The molecular weight excluding hydrogens is 392 g/mol. The molecule has 0 saturated carbocycles. The average Bonchev–Trinajstić information content (AvgIpc) is 3.15. The Labute approximate surface area is 153 Å². The van der Waals surface area contributed by atoms with Gasteiger partial charge in [-0.3, -0.25) is 9.69 Å². The Hall–Kier alpha value is -2.12. The van der Waals surface area contributed by atoms with Crippen LogP contribution in [-0.2, 0) is 11.3 Å². The fraction of sp³-hybridized carbons (Fsp3) is 0.176. The first-order valence-corrected chi connectivity index (χ1v) is 8.58. The fourth-order valence-corrected chi connectivity index (χ4v) is 2.98. The van der Waals surface area contributed by atoms with Crippen LogP contribution in [0.15, 0.2) is 51.2 Å². The lowest BCUT2D eigenvalue weighted by Gasteiger charge is -2.11. The molecule has 1 aliphatic rings. The van der Waals surface area contributed by atoms with Crippen LogP contribution < -0.4 is 10.1 Å². The van der Waals surface area contributed by atoms with E-state index in [9.17, 15) is 4.79 Å². The van der Waals surface area contributed by atoms with Crippen LogP contribution in [0, 0.1) is 0 Å². The third-order valence-corrected chi connectivity index (χ3v) is 4.24. The van der Waals surface area contributed by atoms with E-state index in [0.717, 1.165) is 10.0 Å². The minimum atomic E-state index is -0.196. The molecule has 0 spiro atoms. The molecule has 0 atom stereocenters. The smallest absolute Gasteiger partial charge is 0.276 e. The number of nitrogens with one attached hydrogen (secondary N) is 1. The lowest BCUT2D eigenvalue weighted by molar-refractivity contribution is -0.122. The lowest BCUT2D eigenvalue weighted by atomic mass is 10.1. The van der Waals surface area contributed by atoms with Gasteiger partial charge in [-0.2, -0.15) is 0 Å². The van der Waals surface area contributed by atoms with Gasteiger partial charge in [0.25, 0.3) is 5.91 Å². The number of thiocarbonyl (C=S) groups is 1. The Bertz CT molecular complexity index is 802. The summed E-state index contributed by atoms with van der Waals surface area (Å²) in [6.45, 7) is 2.76. The number of benzene rings is 1. The maximum Gasteiger partial charge on any atom is 0.276 e. The van der Waals surface area contributed by atoms with E-state index in [1.54, 1.807) is 24.5 Å². The number of carbonyl (C=O) groups is 1. The van der Waals surface area contributed by atoms with Crippen molar-refractivity contribution in [2.75, 3.05) is 6.61 Å². The number of amides is 1. The van der Waals surface area contributed by atoms with Crippen LogP contribution in [0.2, 0.25) is 0 Å². The second kappa shape index (κ2) is 7.19. The van der Waals surface area contributed by atoms with Crippen molar-refractivity contribution in [1.82, 2.24) is 10.2 Å². The van der Waals surface area contributed by atoms with E-state index in [1.165, 1.54) is 4.90 Å². The van der Waals surface area contributed by atoms with Crippen LogP contribution in [0.3, 0.4) is 0 Å². The highest BCUT2D eigenvalue weighted by molar-refractivity contribution is 9.10. The van der Waals surface area contributed by atoms with Crippen molar-refractivity contribution in [1.29, 1.82) is 0 Å². The second-order valence-electron chi connectivity index (χ2n) is 5.07. The first-order chi connectivity index (χ1) is 11.6. The highest BCUT2D eigenvalue weighted by Gasteiger charge is 2.31. The van der Waals surface area contributed by atoms with Gasteiger partial charge in [0, 0.05) is 10.0 Å². The summed E-state index contributed by atoms with van der Waals surface area (Å²) in [5, 5.41) is 3.32. The topological polar surface area (TPSA) is 54.7 Å². The summed E-state index contributed by atoms with van der Waals surface area (Å²) in [5.74, 6) is 1.18. The van der Waals surface area contributed by atoms with Crippen molar-refractivity contribution in [3.05, 3.63) is 58.1 Å². The van der Waals surface area contributed by atoms with Gasteiger partial charge in [0.2, 0.25) is 0 Å². The predicted octanol–water partition coefficient (Wildman–Crippen LogP) is 3.70. The van der Waals surface area contributed by atoms with E-state index in [1.807, 2.05) is 25.1 Å². The molecule has 124 valence electrons. The Morgan fingerprint density at radius 1 is 1.42 bits per heavy atom. The molecule has 1 aliphatic heterocycles. The first kappa shape index (κ1) is 16.7. The molecule has 0 bridgehead atoms. The van der Waals surface area contributed by atoms with E-state index in [-0.39, 0.29) is 5.91 Å². The minimum absolute atomic E-state index is 0.196. The van der Waals surface area contributed by atoms with Gasteiger partial charge >= 0.3 is 0 Å². The van der Waals surface area contributed by atoms with Crippen molar-refractivity contribution >= 4 is 45.2 Å². The van der Waals surface area contributed by atoms with Gasteiger partial charge in [0.15, 0.2) is 5.11 Å². The molecule has 2 aromatic rings. The summed E-state index contributed by atoms with van der Waals surface area (Å²) in [4.78, 5) is 14.1. The summed E-state index contributed by atoms with van der Waals surface area (Å²) in [7, 11) is 0. The zero-order valence-corrected chi connectivity index (χ0v) is 15.3. The monoisotopic (exact) mass is 406 g/mol. The highest BCUT2D eigenvalue weighted by Crippen LogP contribution is 2.27. The van der Waals surface area contributed by atoms with Gasteiger partial charge in [0.05, 0.1) is 19.4 Å². The number of carbonyl (C=O) groups excluding carboxylic acids is 1. The van der Waals surface area contributed by atoms with E-state index in [4.69, 9.17) is 21.4 Å². The molecule has 0 aliphatic carbocycles. The van der Waals surface area contributed by atoms with Gasteiger partial charge in [-0.05, 0) is 55.5 Å². The van der Waals surface area contributed by atoms with E-state index < -0.39 is 0 Å². The molecule has 1 amide bonds. The number of furan rings is 1. The van der Waals surface area contributed by atoms with Gasteiger partial charge < -0.3 is 14.5 Å². The second-order valence-corrected chi connectivity index (χ2v) is 6.38. The van der Waals surface area contributed by atoms with Crippen molar-refractivity contribution < 1.29 is 13.9 Å². The molecule has 1 saturated heterocycles. The molecule has 24 heavy (non-hydrogen) atoms. The number of hydrogen-bond donors (Lipinski definition) is 1. The molecule has 7 heteroatoms. The Balaban J connectivity index is 1.87. The van der Waals surface area contributed by atoms with Crippen LogP contribution in [0.4, 0.5) is 0 Å². The Kier molecular flexibility index (Phi) is 5.01. The zero-order chi connectivity index (χ0) is 17.1. The summed E-state index contributed by atoms with van der Waals surface area (Å²) >= 11 is 8.70. The maximum atomic E-state index is 12.6. The van der Waals surface area contributed by atoms with E-state index >= 15 is 0 Å². The van der Waals surface area contributed by atoms with Gasteiger partial charge in [0.1, 0.15) is 17.2 Å². The average molecular weight is 407 g/mol. The SMILES string of the molecule is CCOc1ccc(Br)cc1/C=C1/NC(=S)N(Cc2ccco2)C1=O. The quantitative estimate of drug-likeness (QED) is 0.605. The van der Waals surface area contributed by atoms with E-state index in [0.29, 0.717) is 35.5 Å². The summed E-state index contributed by atoms with van der Waals surface area (Å²) in [5.41, 5.74) is 1.20. The first-order valence-electron chi connectivity index (χ1n) is 7.37. The molecule has 1 fully saturated rings. The third-order valence-electron chi connectivity index (χ3n) is 3.43. The minimum Gasteiger partial charge on any atom is -0.493 e. The molecule has 1 aromatic heterocycles. The molecule has 5 nitrogen and oxygen atoms in total. The molecule has 0 unspecified atom stereocenters.